The molecule has 3 saturated heterocycles. The second kappa shape index (κ2) is 15.6. The van der Waals surface area contributed by atoms with E-state index >= 15 is 0 Å². The van der Waals surface area contributed by atoms with Crippen molar-refractivity contribution >= 4 is 75.2 Å². The van der Waals surface area contributed by atoms with Crippen LogP contribution in [0, 0.1) is 0 Å². The topological polar surface area (TPSA) is 173 Å². The summed E-state index contributed by atoms with van der Waals surface area (Å²) in [5.41, 5.74) is 0. The summed E-state index contributed by atoms with van der Waals surface area (Å²) in [5.74, 6) is 0. The molecule has 14 nitrogen and oxygen atoms in total. The fourth-order valence-electron chi connectivity index (χ4n) is 3.51. The maximum absolute atomic E-state index is 9.58. The van der Waals surface area contributed by atoms with Gasteiger partial charge in [0.1, 0.15) is 0 Å². The second-order valence-corrected chi connectivity index (χ2v) is 27.0. The summed E-state index contributed by atoms with van der Waals surface area (Å²) < 4.78 is 62.5. The molecule has 0 aromatic rings. The standard InChI is InChI=1S/C12H36O14Si8/c13-5-1-9-29-17-27-19-31-21-32-20-28-18-30(10-2-6-14)23-34(25-32,12-4-8-16)26-33(22-29,24-31)11-3-7-15/h13-16,29-32H,1-12,27-28H2. The van der Waals surface area contributed by atoms with Gasteiger partial charge in [0, 0.05) is 38.5 Å². The van der Waals surface area contributed by atoms with Gasteiger partial charge in [-0.2, -0.15) is 0 Å². The van der Waals surface area contributed by atoms with Crippen molar-refractivity contribution in [3.05, 3.63) is 0 Å². The highest BCUT2D eigenvalue weighted by molar-refractivity contribution is 6.87. The van der Waals surface area contributed by atoms with Crippen LogP contribution in [0.25, 0.3) is 0 Å². The van der Waals surface area contributed by atoms with Crippen LogP contribution in [0.15, 0.2) is 0 Å². The first kappa shape index (κ1) is 29.7. The molecule has 3 heterocycles. The average molecular weight is 629 g/mol. The van der Waals surface area contributed by atoms with Gasteiger partial charge in [0.15, 0.2) is 0 Å². The number of fused-ring (bicyclic) bond motifs is 4. The Hall–Kier alpha value is 1.18. The van der Waals surface area contributed by atoms with Crippen molar-refractivity contribution in [1.82, 2.24) is 0 Å². The number of hydrogen-bond donors (Lipinski definition) is 4. The summed E-state index contributed by atoms with van der Waals surface area (Å²) in [6, 6.07) is 1.69. The van der Waals surface area contributed by atoms with E-state index in [2.05, 4.69) is 0 Å². The summed E-state index contributed by atoms with van der Waals surface area (Å²) in [6.45, 7) is -0.157. The molecule has 3 fully saturated rings. The summed E-state index contributed by atoms with van der Waals surface area (Å²) in [6.07, 6.45) is 1.76. The molecule has 6 atom stereocenters. The van der Waals surface area contributed by atoms with E-state index in [4.69, 9.17) is 41.2 Å². The van der Waals surface area contributed by atoms with Crippen molar-refractivity contribution < 1.29 is 61.6 Å². The van der Waals surface area contributed by atoms with Crippen molar-refractivity contribution in [1.29, 1.82) is 0 Å². The van der Waals surface area contributed by atoms with Gasteiger partial charge in [-0.15, -0.1) is 0 Å². The molecule has 0 radical (unpaired) electrons. The monoisotopic (exact) mass is 628 g/mol. The second-order valence-electron chi connectivity index (χ2n) is 7.80. The van der Waals surface area contributed by atoms with E-state index in [9.17, 15) is 20.4 Å². The summed E-state index contributed by atoms with van der Waals surface area (Å²) in [7, 11) is -20.2. The Bertz CT molecular complexity index is 535. The Labute approximate surface area is 212 Å². The van der Waals surface area contributed by atoms with Crippen LogP contribution in [0.3, 0.4) is 0 Å². The van der Waals surface area contributed by atoms with Gasteiger partial charge in [-0.1, -0.05) is 0 Å². The van der Waals surface area contributed by atoms with Crippen LogP contribution < -0.4 is 0 Å². The minimum atomic E-state index is -3.58. The highest BCUT2D eigenvalue weighted by atomic mass is 28.6. The third-order valence-electron chi connectivity index (χ3n) is 5.10. The van der Waals surface area contributed by atoms with Crippen molar-refractivity contribution in [3.8, 4) is 0 Å². The lowest BCUT2D eigenvalue weighted by atomic mass is 10.5. The van der Waals surface area contributed by atoms with E-state index in [1.807, 2.05) is 0 Å². The van der Waals surface area contributed by atoms with Crippen LogP contribution >= 0.6 is 0 Å². The zero-order valence-electron chi connectivity index (χ0n) is 19.1. The lowest BCUT2D eigenvalue weighted by molar-refractivity contribution is 0.0851. The van der Waals surface area contributed by atoms with Crippen molar-refractivity contribution in [3.63, 3.8) is 0 Å². The molecule has 6 unspecified atom stereocenters. The number of rotatable bonds is 12. The molecule has 22 heteroatoms. The fraction of sp³-hybridized carbons (Fsp3) is 1.00. The fourth-order valence-corrected chi connectivity index (χ4v) is 34.0. The quantitative estimate of drug-likeness (QED) is 0.152. The predicted molar refractivity (Wildman–Crippen MR) is 134 cm³/mol. The Balaban J connectivity index is 1.94. The Morgan fingerprint density at radius 2 is 1.00 bits per heavy atom. The Morgan fingerprint density at radius 3 is 1.41 bits per heavy atom. The highest BCUT2D eigenvalue weighted by Gasteiger charge is 2.60. The van der Waals surface area contributed by atoms with Crippen molar-refractivity contribution in [2.45, 2.75) is 49.9 Å². The molecule has 0 aromatic heterocycles. The Morgan fingerprint density at radius 1 is 0.559 bits per heavy atom. The normalized spacial score (nSPS) is 38.5. The van der Waals surface area contributed by atoms with Crippen molar-refractivity contribution in [2.75, 3.05) is 26.4 Å². The molecular formula is C12H36O14Si8. The highest BCUT2D eigenvalue weighted by Crippen LogP contribution is 2.34. The number of aliphatic hydroxyl groups excluding tert-OH is 4. The molecule has 3 aliphatic rings. The van der Waals surface area contributed by atoms with Crippen LogP contribution in [0.2, 0.25) is 24.2 Å². The molecule has 4 N–H and O–H groups in total. The first-order valence-electron chi connectivity index (χ1n) is 11.5. The molecule has 0 aromatic carbocycles. The van der Waals surface area contributed by atoms with E-state index in [1.54, 1.807) is 0 Å². The lowest BCUT2D eigenvalue weighted by Gasteiger charge is -2.47. The van der Waals surface area contributed by atoms with Crippen LogP contribution in [0.1, 0.15) is 25.7 Å². The van der Waals surface area contributed by atoms with Crippen LogP contribution in [0.5, 0.6) is 0 Å². The first-order valence-corrected chi connectivity index (χ1v) is 24.0. The Kier molecular flexibility index (Phi) is 13.6. The van der Waals surface area contributed by atoms with E-state index in [0.717, 1.165) is 0 Å². The van der Waals surface area contributed by atoms with E-state index in [-0.39, 0.29) is 26.4 Å². The predicted octanol–water partition coefficient (Wildman–Crippen LogP) is -4.53. The zero-order chi connectivity index (χ0) is 24.3. The van der Waals surface area contributed by atoms with Crippen LogP contribution in [-0.4, -0.2) is 122 Å². The molecule has 200 valence electrons. The van der Waals surface area contributed by atoms with Crippen molar-refractivity contribution in [2.24, 2.45) is 0 Å². The van der Waals surface area contributed by atoms with E-state index in [0.29, 0.717) is 49.9 Å². The SMILES string of the molecule is OCCC[SiH]1O[SiH2]O[SiH]2O[SiH]3O[SiH2]O[SiH](CCCO)O[Si](CCCO)(O3)O[Si](CCCO)(O1)O2. The van der Waals surface area contributed by atoms with Gasteiger partial charge in [-0.05, 0) is 37.8 Å². The zero-order valence-corrected chi connectivity index (χ0v) is 28.5. The smallest absolute Gasteiger partial charge is 0.422 e. The molecule has 0 saturated carbocycles. The summed E-state index contributed by atoms with van der Waals surface area (Å²) in [4.78, 5) is 0. The summed E-state index contributed by atoms with van der Waals surface area (Å²) in [5, 5.41) is 37.8. The van der Waals surface area contributed by atoms with Gasteiger partial charge in [0.25, 0.3) is 20.0 Å². The van der Waals surface area contributed by atoms with Gasteiger partial charge in [-0.3, -0.25) is 0 Å². The van der Waals surface area contributed by atoms with Gasteiger partial charge in [0.05, 0.1) is 0 Å². The molecule has 34 heavy (non-hydrogen) atoms. The minimum absolute atomic E-state index is 0.0113. The molecular weight excluding hydrogens is 593 g/mol. The molecule has 3 aliphatic heterocycles. The summed E-state index contributed by atoms with van der Waals surface area (Å²) >= 11 is 0. The van der Waals surface area contributed by atoms with Crippen LogP contribution in [-0.2, 0) is 41.2 Å². The van der Waals surface area contributed by atoms with Gasteiger partial charge in [-0.25, -0.2) is 0 Å². The molecule has 4 bridgehead atoms. The van der Waals surface area contributed by atoms with Crippen LogP contribution in [0.4, 0.5) is 0 Å². The maximum Gasteiger partial charge on any atom is 0.477 e. The van der Waals surface area contributed by atoms with Gasteiger partial charge >= 0.3 is 55.2 Å². The molecule has 0 spiro atoms. The van der Waals surface area contributed by atoms with E-state index < -0.39 is 75.2 Å². The van der Waals surface area contributed by atoms with Gasteiger partial charge in [0.2, 0.25) is 0 Å². The number of hydrogen-bond acceptors (Lipinski definition) is 14. The largest absolute Gasteiger partial charge is 0.477 e. The first-order chi connectivity index (χ1) is 16.6. The third kappa shape index (κ3) is 9.18. The molecule has 3 rings (SSSR count). The van der Waals surface area contributed by atoms with Gasteiger partial charge < -0.3 is 61.6 Å². The molecule has 0 amide bonds. The average Bonchev–Trinajstić information content (AvgIpc) is 2.79. The molecule has 0 aliphatic carbocycles. The maximum atomic E-state index is 9.58. The lowest BCUT2D eigenvalue weighted by Crippen LogP contribution is -2.69. The minimum Gasteiger partial charge on any atom is -0.422 e. The number of aliphatic hydroxyl groups is 4. The third-order valence-corrected chi connectivity index (χ3v) is 29.8. The van der Waals surface area contributed by atoms with E-state index in [1.165, 1.54) is 0 Å².